The topological polar surface area (TPSA) is 87.6 Å². The summed E-state index contributed by atoms with van der Waals surface area (Å²) in [7, 11) is -4.14. The largest absolute Gasteiger partial charge is 0.274 e. The molecule has 1 aliphatic rings. The number of amides is 2. The fourth-order valence-corrected chi connectivity index (χ4v) is 5.30. The molecule has 4 rings (SSSR count). The van der Waals surface area contributed by atoms with Crippen molar-refractivity contribution >= 4 is 50.7 Å². The molecule has 0 radical (unpaired) electrons. The Morgan fingerprint density at radius 3 is 2.19 bits per heavy atom. The van der Waals surface area contributed by atoms with Crippen LogP contribution < -0.4 is 4.90 Å². The normalized spacial score (nSPS) is 16.7. The summed E-state index contributed by atoms with van der Waals surface area (Å²) < 4.78 is 28.1. The van der Waals surface area contributed by atoms with E-state index in [1.807, 2.05) is 0 Å². The quantitative estimate of drug-likeness (QED) is 0.489. The Morgan fingerprint density at radius 2 is 1.59 bits per heavy atom. The lowest BCUT2D eigenvalue weighted by atomic mass is 10.2. The number of sulfonamides is 1. The van der Waals surface area contributed by atoms with Crippen LogP contribution >= 0.6 is 23.2 Å². The molecule has 1 aromatic heterocycles. The molecule has 2 aromatic carbocycles. The van der Waals surface area contributed by atoms with Crippen LogP contribution in [0.15, 0.2) is 78.0 Å². The highest BCUT2D eigenvalue weighted by atomic mass is 35.5. The molecule has 7 nitrogen and oxygen atoms in total. The molecule has 1 aliphatic heterocycles. The number of aromatic nitrogens is 1. The van der Waals surface area contributed by atoms with E-state index in [0.29, 0.717) is 21.3 Å². The Morgan fingerprint density at radius 1 is 0.969 bits per heavy atom. The number of hydrogen-bond acceptors (Lipinski definition) is 5. The van der Waals surface area contributed by atoms with Gasteiger partial charge in [0, 0.05) is 29.0 Å². The van der Waals surface area contributed by atoms with Crippen LogP contribution in [0.1, 0.15) is 12.0 Å². The summed E-state index contributed by atoms with van der Waals surface area (Å²) in [4.78, 5) is 31.0. The number of nitrogens with zero attached hydrogens (tertiary/aromatic N) is 3. The van der Waals surface area contributed by atoms with Gasteiger partial charge in [0.05, 0.1) is 17.0 Å². The molecule has 164 valence electrons. The van der Waals surface area contributed by atoms with Gasteiger partial charge in [0.2, 0.25) is 15.9 Å². The second kappa shape index (κ2) is 8.99. The molecule has 1 fully saturated rings. The lowest BCUT2D eigenvalue weighted by Gasteiger charge is -2.27. The van der Waals surface area contributed by atoms with Crippen LogP contribution in [0.3, 0.4) is 0 Å². The molecule has 0 aliphatic carbocycles. The number of halogens is 2. The third kappa shape index (κ3) is 4.40. The van der Waals surface area contributed by atoms with Gasteiger partial charge in [0.25, 0.3) is 5.91 Å². The average Bonchev–Trinajstić information content (AvgIpc) is 3.07. The van der Waals surface area contributed by atoms with E-state index in [9.17, 15) is 18.0 Å². The zero-order valence-electron chi connectivity index (χ0n) is 16.6. The monoisotopic (exact) mass is 489 g/mol. The van der Waals surface area contributed by atoms with Crippen LogP contribution in [0.2, 0.25) is 10.0 Å². The summed E-state index contributed by atoms with van der Waals surface area (Å²) in [6, 6.07) is 14.0. The Labute approximate surface area is 195 Å². The van der Waals surface area contributed by atoms with E-state index in [1.165, 1.54) is 30.5 Å². The lowest BCUT2D eigenvalue weighted by Crippen LogP contribution is -2.45. The van der Waals surface area contributed by atoms with Gasteiger partial charge in [-0.05, 0) is 60.2 Å². The van der Waals surface area contributed by atoms with Crippen molar-refractivity contribution in [1.82, 2.24) is 9.29 Å². The van der Waals surface area contributed by atoms with Gasteiger partial charge in [0.15, 0.2) is 0 Å². The molecule has 1 atom stereocenters. The van der Waals surface area contributed by atoms with Crippen molar-refractivity contribution in [3.05, 3.63) is 88.7 Å². The number of anilines is 1. The fourth-order valence-electron chi connectivity index (χ4n) is 3.48. The maximum Gasteiger partial charge on any atom is 0.252 e. The Hall–Kier alpha value is -2.78. The zero-order chi connectivity index (χ0) is 22.9. The lowest BCUT2D eigenvalue weighted by molar-refractivity contribution is -0.122. The number of rotatable bonds is 6. The molecule has 2 amide bonds. The zero-order valence-corrected chi connectivity index (χ0v) is 18.9. The first kappa shape index (κ1) is 22.4. The predicted molar refractivity (Wildman–Crippen MR) is 121 cm³/mol. The van der Waals surface area contributed by atoms with Gasteiger partial charge in [-0.25, -0.2) is 13.3 Å². The summed E-state index contributed by atoms with van der Waals surface area (Å²) >= 11 is 11.8. The van der Waals surface area contributed by atoms with Crippen molar-refractivity contribution in [3.63, 3.8) is 0 Å². The molecule has 3 aromatic rings. The summed E-state index contributed by atoms with van der Waals surface area (Å²) in [5.74, 6) is -1.12. The van der Waals surface area contributed by atoms with Crippen LogP contribution in [0.5, 0.6) is 0 Å². The molecule has 1 unspecified atom stereocenters. The van der Waals surface area contributed by atoms with Gasteiger partial charge in [-0.15, -0.1) is 0 Å². The maximum absolute atomic E-state index is 13.5. The van der Waals surface area contributed by atoms with E-state index in [2.05, 4.69) is 4.98 Å². The van der Waals surface area contributed by atoms with Crippen molar-refractivity contribution in [2.75, 3.05) is 4.90 Å². The minimum atomic E-state index is -4.14. The molecule has 0 saturated carbocycles. The molecule has 0 N–H and O–H groups in total. The molecule has 10 heteroatoms. The van der Waals surface area contributed by atoms with E-state index in [4.69, 9.17) is 23.2 Å². The summed E-state index contributed by atoms with van der Waals surface area (Å²) in [6.07, 6.45) is 2.80. The summed E-state index contributed by atoms with van der Waals surface area (Å²) in [5, 5.41) is 0.830. The van der Waals surface area contributed by atoms with E-state index in [0.717, 1.165) is 9.21 Å². The number of benzene rings is 2. The van der Waals surface area contributed by atoms with Gasteiger partial charge in [-0.3, -0.25) is 14.6 Å². The highest BCUT2D eigenvalue weighted by molar-refractivity contribution is 7.89. The Bertz CT molecular complexity index is 1250. The third-order valence-electron chi connectivity index (χ3n) is 5.04. The van der Waals surface area contributed by atoms with Crippen LogP contribution in [0.4, 0.5) is 5.69 Å². The van der Waals surface area contributed by atoms with Gasteiger partial charge >= 0.3 is 0 Å². The number of hydrogen-bond donors (Lipinski definition) is 0. The van der Waals surface area contributed by atoms with Crippen LogP contribution in [-0.4, -0.2) is 35.6 Å². The van der Waals surface area contributed by atoms with E-state index < -0.39 is 27.9 Å². The minimum Gasteiger partial charge on any atom is -0.274 e. The minimum absolute atomic E-state index is 0.0315. The first-order valence-electron chi connectivity index (χ1n) is 9.56. The first-order valence-corrected chi connectivity index (χ1v) is 11.8. The number of carbonyl (C=O) groups excluding carboxylic acids is 2. The molecular weight excluding hydrogens is 473 g/mol. The van der Waals surface area contributed by atoms with E-state index in [1.54, 1.807) is 42.6 Å². The second-order valence-electron chi connectivity index (χ2n) is 7.13. The number of pyridine rings is 1. The van der Waals surface area contributed by atoms with Gasteiger partial charge in [-0.2, -0.15) is 4.31 Å². The third-order valence-corrected chi connectivity index (χ3v) is 7.41. The van der Waals surface area contributed by atoms with Crippen LogP contribution in [0.25, 0.3) is 0 Å². The van der Waals surface area contributed by atoms with Gasteiger partial charge < -0.3 is 0 Å². The van der Waals surface area contributed by atoms with Gasteiger partial charge in [-0.1, -0.05) is 29.3 Å². The van der Waals surface area contributed by atoms with Crippen molar-refractivity contribution in [1.29, 1.82) is 0 Å². The molecular formula is C22H17Cl2N3O4S. The first-order chi connectivity index (χ1) is 15.3. The molecule has 32 heavy (non-hydrogen) atoms. The summed E-state index contributed by atoms with van der Waals surface area (Å²) in [5.41, 5.74) is 0.910. The Balaban J connectivity index is 1.74. The molecule has 1 saturated heterocycles. The van der Waals surface area contributed by atoms with Crippen LogP contribution in [-0.2, 0) is 26.2 Å². The Kier molecular flexibility index (Phi) is 6.30. The fraction of sp³-hybridized carbons (Fsp3) is 0.136. The van der Waals surface area contributed by atoms with E-state index >= 15 is 0 Å². The predicted octanol–water partition coefficient (Wildman–Crippen LogP) is 3.91. The highest BCUT2D eigenvalue weighted by Crippen LogP contribution is 2.31. The second-order valence-corrected chi connectivity index (χ2v) is 9.89. The van der Waals surface area contributed by atoms with Crippen molar-refractivity contribution in [2.24, 2.45) is 0 Å². The average molecular weight is 490 g/mol. The summed E-state index contributed by atoms with van der Waals surface area (Å²) in [6.45, 7) is -0.128. The van der Waals surface area contributed by atoms with Crippen molar-refractivity contribution < 1.29 is 18.0 Å². The van der Waals surface area contributed by atoms with Gasteiger partial charge in [0.1, 0.15) is 6.04 Å². The molecule has 0 bridgehead atoms. The smallest absolute Gasteiger partial charge is 0.252 e. The molecule has 0 spiro atoms. The molecule has 2 heterocycles. The van der Waals surface area contributed by atoms with Crippen molar-refractivity contribution in [2.45, 2.75) is 23.9 Å². The van der Waals surface area contributed by atoms with E-state index in [-0.39, 0.29) is 17.9 Å². The number of imide groups is 1. The number of carbonyl (C=O) groups is 2. The standard InChI is InChI=1S/C22H17Cl2N3O4S/c23-16-3-7-18(8-4-16)27-21(28)12-20(22(27)29)26(14-15-2-1-11-25-13-15)32(30,31)19-9-5-17(24)6-10-19/h1-11,13,20H,12,14H2. The van der Waals surface area contributed by atoms with Crippen LogP contribution in [0, 0.1) is 0 Å². The maximum atomic E-state index is 13.5. The SMILES string of the molecule is O=C1CC(N(Cc2cccnc2)S(=O)(=O)c2ccc(Cl)cc2)C(=O)N1c1ccc(Cl)cc1. The van der Waals surface area contributed by atoms with Crippen molar-refractivity contribution in [3.8, 4) is 0 Å². The highest BCUT2D eigenvalue weighted by Gasteiger charge is 2.47.